The molecule has 0 radical (unpaired) electrons. The van der Waals surface area contributed by atoms with Gasteiger partial charge in [-0.2, -0.15) is 0 Å². The van der Waals surface area contributed by atoms with Crippen molar-refractivity contribution >= 4 is 65.3 Å². The summed E-state index contributed by atoms with van der Waals surface area (Å²) in [5.74, 6) is 0. The number of benzene rings is 7. The molecule has 0 atom stereocenters. The second-order valence-electron chi connectivity index (χ2n) is 10.6. The number of nitrogens with zero attached hydrogens (tertiary/aromatic N) is 1. The molecule has 0 N–H and O–H groups in total. The van der Waals surface area contributed by atoms with Crippen LogP contribution in [0.1, 0.15) is 0 Å². The zero-order valence-electron chi connectivity index (χ0n) is 21.6. The van der Waals surface area contributed by atoms with Crippen molar-refractivity contribution in [3.05, 3.63) is 140 Å². The minimum atomic E-state index is 0.918. The van der Waals surface area contributed by atoms with Crippen LogP contribution >= 0.6 is 0 Å². The van der Waals surface area contributed by atoms with E-state index in [9.17, 15) is 0 Å². The van der Waals surface area contributed by atoms with Crippen molar-refractivity contribution in [3.8, 4) is 16.8 Å². The van der Waals surface area contributed by atoms with Crippen LogP contribution in [0.2, 0.25) is 0 Å². The van der Waals surface area contributed by atoms with E-state index in [1.165, 1.54) is 65.6 Å². The molecule has 0 spiro atoms. The van der Waals surface area contributed by atoms with Crippen LogP contribution in [0.15, 0.2) is 144 Å². The lowest BCUT2D eigenvalue weighted by atomic mass is 9.99. The first kappa shape index (κ1) is 21.6. The fourth-order valence-corrected chi connectivity index (χ4v) is 6.47. The first-order valence-electron chi connectivity index (χ1n) is 13.7. The molecule has 2 heteroatoms. The van der Waals surface area contributed by atoms with Crippen molar-refractivity contribution in [2.24, 2.45) is 0 Å². The van der Waals surface area contributed by atoms with Crippen LogP contribution in [0.4, 0.5) is 0 Å². The molecule has 0 amide bonds. The van der Waals surface area contributed by atoms with E-state index in [1.807, 2.05) is 0 Å². The van der Waals surface area contributed by atoms with Gasteiger partial charge in [0.1, 0.15) is 11.2 Å². The molecule has 0 saturated heterocycles. The first-order valence-corrected chi connectivity index (χ1v) is 13.7. The maximum absolute atomic E-state index is 6.27. The monoisotopic (exact) mass is 509 g/mol. The summed E-state index contributed by atoms with van der Waals surface area (Å²) in [6.45, 7) is 0. The van der Waals surface area contributed by atoms with E-state index < -0.39 is 0 Å². The molecule has 40 heavy (non-hydrogen) atoms. The summed E-state index contributed by atoms with van der Waals surface area (Å²) in [5.41, 5.74) is 7.81. The predicted molar refractivity (Wildman–Crippen MR) is 169 cm³/mol. The van der Waals surface area contributed by atoms with E-state index in [0.717, 1.165) is 16.6 Å². The highest BCUT2D eigenvalue weighted by Crippen LogP contribution is 2.39. The van der Waals surface area contributed by atoms with Gasteiger partial charge >= 0.3 is 0 Å². The van der Waals surface area contributed by atoms with Gasteiger partial charge in [-0.1, -0.05) is 97.1 Å². The maximum Gasteiger partial charge on any atom is 0.136 e. The molecule has 186 valence electrons. The van der Waals surface area contributed by atoms with Gasteiger partial charge in [-0.05, 0) is 75.1 Å². The van der Waals surface area contributed by atoms with Crippen molar-refractivity contribution in [2.45, 2.75) is 0 Å². The van der Waals surface area contributed by atoms with Gasteiger partial charge in [-0.25, -0.2) is 0 Å². The minimum absolute atomic E-state index is 0.918. The summed E-state index contributed by atoms with van der Waals surface area (Å²) in [6, 6.07) is 50.2. The van der Waals surface area contributed by atoms with Crippen LogP contribution in [-0.4, -0.2) is 4.57 Å². The molecule has 9 aromatic rings. The quantitative estimate of drug-likeness (QED) is 0.227. The SMILES string of the molecule is c1ccc2cc(-n3c4ccccc4c4ccc(-c5ccc6oc7ccc8ccccc8c7c6c5)cc43)ccc2c1. The van der Waals surface area contributed by atoms with Gasteiger partial charge in [0.2, 0.25) is 0 Å². The minimum Gasteiger partial charge on any atom is -0.456 e. The van der Waals surface area contributed by atoms with Gasteiger partial charge in [0.15, 0.2) is 0 Å². The van der Waals surface area contributed by atoms with Gasteiger partial charge in [0.25, 0.3) is 0 Å². The molecule has 7 aromatic carbocycles. The molecule has 2 aromatic heterocycles. The molecule has 0 unspecified atom stereocenters. The Kier molecular flexibility index (Phi) is 4.36. The Morgan fingerprint density at radius 1 is 0.400 bits per heavy atom. The van der Waals surface area contributed by atoms with Gasteiger partial charge in [-0.3, -0.25) is 0 Å². The van der Waals surface area contributed by atoms with Crippen LogP contribution in [0.25, 0.3) is 82.1 Å². The molecule has 0 fully saturated rings. The Morgan fingerprint density at radius 3 is 2.00 bits per heavy atom. The fraction of sp³-hybridized carbons (Fsp3) is 0. The Balaban J connectivity index is 1.30. The Labute approximate surface area is 230 Å². The molecule has 2 nitrogen and oxygen atoms in total. The van der Waals surface area contributed by atoms with E-state index in [0.29, 0.717) is 0 Å². The fourth-order valence-electron chi connectivity index (χ4n) is 6.47. The average Bonchev–Trinajstić information content (AvgIpc) is 3.56. The highest BCUT2D eigenvalue weighted by Gasteiger charge is 2.15. The molecule has 0 aliphatic rings. The van der Waals surface area contributed by atoms with E-state index >= 15 is 0 Å². The topological polar surface area (TPSA) is 18.1 Å². The second-order valence-corrected chi connectivity index (χ2v) is 10.6. The number of aromatic nitrogens is 1. The van der Waals surface area contributed by atoms with Crippen LogP contribution in [-0.2, 0) is 0 Å². The summed E-state index contributed by atoms with van der Waals surface area (Å²) in [5, 5.41) is 9.80. The van der Waals surface area contributed by atoms with Crippen molar-refractivity contribution in [1.29, 1.82) is 0 Å². The predicted octanol–water partition coefficient (Wildman–Crippen LogP) is 10.7. The zero-order valence-corrected chi connectivity index (χ0v) is 21.6. The summed E-state index contributed by atoms with van der Waals surface area (Å²) in [7, 11) is 0. The van der Waals surface area contributed by atoms with E-state index in [4.69, 9.17) is 4.42 Å². The standard InChI is InChI=1S/C38H23NO/c1-2-9-26-21-29(17-13-24(26)7-1)39-34-12-6-5-11-31(34)32-18-14-28(23-35(32)39)27-16-19-36-33(22-27)38-30-10-4-3-8-25(30)15-20-37(38)40-36/h1-23H. The lowest BCUT2D eigenvalue weighted by molar-refractivity contribution is 0.669. The van der Waals surface area contributed by atoms with E-state index in [-0.39, 0.29) is 0 Å². The largest absolute Gasteiger partial charge is 0.456 e. The van der Waals surface area contributed by atoms with E-state index in [1.54, 1.807) is 0 Å². The smallest absolute Gasteiger partial charge is 0.136 e. The number of para-hydroxylation sites is 1. The Bertz CT molecular complexity index is 2440. The van der Waals surface area contributed by atoms with Gasteiger partial charge in [0, 0.05) is 27.2 Å². The third-order valence-electron chi connectivity index (χ3n) is 8.36. The van der Waals surface area contributed by atoms with Crippen LogP contribution in [0.3, 0.4) is 0 Å². The normalized spacial score (nSPS) is 12.0. The summed E-state index contributed by atoms with van der Waals surface area (Å²) < 4.78 is 8.67. The summed E-state index contributed by atoms with van der Waals surface area (Å²) in [6.07, 6.45) is 0. The first-order chi connectivity index (χ1) is 19.8. The molecular weight excluding hydrogens is 486 g/mol. The average molecular weight is 510 g/mol. The van der Waals surface area contributed by atoms with Crippen molar-refractivity contribution < 1.29 is 4.42 Å². The number of fused-ring (bicyclic) bond motifs is 9. The van der Waals surface area contributed by atoms with Gasteiger partial charge in [0.05, 0.1) is 11.0 Å². The van der Waals surface area contributed by atoms with Gasteiger partial charge in [-0.15, -0.1) is 0 Å². The lowest BCUT2D eigenvalue weighted by Crippen LogP contribution is -1.94. The van der Waals surface area contributed by atoms with Crippen molar-refractivity contribution in [1.82, 2.24) is 4.57 Å². The third-order valence-corrected chi connectivity index (χ3v) is 8.36. The number of hydrogen-bond acceptors (Lipinski definition) is 1. The second kappa shape index (κ2) is 8.08. The molecule has 9 rings (SSSR count). The number of furan rings is 1. The molecule has 0 bridgehead atoms. The lowest BCUT2D eigenvalue weighted by Gasteiger charge is -2.10. The molecule has 0 aliphatic carbocycles. The maximum atomic E-state index is 6.27. The summed E-state index contributed by atoms with van der Waals surface area (Å²) in [4.78, 5) is 0. The number of hydrogen-bond donors (Lipinski definition) is 0. The highest BCUT2D eigenvalue weighted by molar-refractivity contribution is 6.19. The van der Waals surface area contributed by atoms with Crippen molar-refractivity contribution in [2.75, 3.05) is 0 Å². The van der Waals surface area contributed by atoms with Crippen LogP contribution in [0.5, 0.6) is 0 Å². The van der Waals surface area contributed by atoms with E-state index in [2.05, 4.69) is 144 Å². The molecular formula is C38H23NO. The zero-order chi connectivity index (χ0) is 26.2. The van der Waals surface area contributed by atoms with Crippen LogP contribution in [0, 0.1) is 0 Å². The Morgan fingerprint density at radius 2 is 1.07 bits per heavy atom. The summed E-state index contributed by atoms with van der Waals surface area (Å²) >= 11 is 0. The van der Waals surface area contributed by atoms with Crippen LogP contribution < -0.4 is 0 Å². The third kappa shape index (κ3) is 3.05. The molecule has 2 heterocycles. The van der Waals surface area contributed by atoms with Crippen molar-refractivity contribution in [3.63, 3.8) is 0 Å². The number of rotatable bonds is 2. The molecule has 0 aliphatic heterocycles. The Hall–Kier alpha value is -5.34. The van der Waals surface area contributed by atoms with Gasteiger partial charge < -0.3 is 8.98 Å². The molecule has 0 saturated carbocycles. The highest BCUT2D eigenvalue weighted by atomic mass is 16.3.